The predicted octanol–water partition coefficient (Wildman–Crippen LogP) is 2.69. The molecule has 0 N–H and O–H groups in total. The van der Waals surface area contributed by atoms with Crippen LogP contribution >= 0.6 is 23.2 Å². The van der Waals surface area contributed by atoms with Crippen molar-refractivity contribution in [2.75, 3.05) is 38.1 Å². The molecule has 6 heteroatoms. The topological polar surface area (TPSA) is 32.3 Å². The molecule has 0 radical (unpaired) electrons. The van der Waals surface area contributed by atoms with Crippen LogP contribution in [0.3, 0.4) is 0 Å². The predicted molar refractivity (Wildman–Crippen MR) is 79.3 cm³/mol. The number of anilines is 1. The van der Waals surface area contributed by atoms with E-state index in [1.54, 1.807) is 0 Å². The van der Waals surface area contributed by atoms with Crippen LogP contribution in [-0.2, 0) is 0 Å². The summed E-state index contributed by atoms with van der Waals surface area (Å²) in [5.74, 6) is 0. The number of piperazine rings is 1. The first-order chi connectivity index (χ1) is 9.13. The van der Waals surface area contributed by atoms with Gasteiger partial charge in [0.15, 0.2) is 10.3 Å². The molecule has 19 heavy (non-hydrogen) atoms. The number of fused-ring (bicyclic) bond motifs is 1. The van der Waals surface area contributed by atoms with Crippen molar-refractivity contribution in [3.8, 4) is 0 Å². The van der Waals surface area contributed by atoms with Gasteiger partial charge < -0.3 is 9.80 Å². The highest BCUT2D eigenvalue weighted by molar-refractivity contribution is 6.40. The summed E-state index contributed by atoms with van der Waals surface area (Å²) >= 11 is 11.8. The van der Waals surface area contributed by atoms with E-state index in [2.05, 4.69) is 32.9 Å². The summed E-state index contributed by atoms with van der Waals surface area (Å²) in [4.78, 5) is 13.2. The first-order valence-electron chi connectivity index (χ1n) is 6.20. The average molecular weight is 297 g/mol. The summed E-state index contributed by atoms with van der Waals surface area (Å²) < 4.78 is 0. The van der Waals surface area contributed by atoms with E-state index in [1.807, 2.05) is 12.1 Å². The highest BCUT2D eigenvalue weighted by Gasteiger charge is 2.15. The summed E-state index contributed by atoms with van der Waals surface area (Å²) in [5.41, 5.74) is 2.71. The normalized spacial score (nSPS) is 17.1. The lowest BCUT2D eigenvalue weighted by Crippen LogP contribution is -2.44. The quantitative estimate of drug-likeness (QED) is 0.810. The molecule has 1 aromatic heterocycles. The number of likely N-dealkylation sites (N-methyl/N-ethyl adjacent to an activating group) is 1. The fourth-order valence-corrected chi connectivity index (χ4v) is 2.53. The monoisotopic (exact) mass is 296 g/mol. The molecule has 0 aliphatic carbocycles. The molecule has 1 fully saturated rings. The van der Waals surface area contributed by atoms with Crippen LogP contribution < -0.4 is 4.90 Å². The smallest absolute Gasteiger partial charge is 0.167 e. The molecular weight excluding hydrogens is 283 g/mol. The molecule has 0 unspecified atom stereocenters. The van der Waals surface area contributed by atoms with Gasteiger partial charge in [-0.05, 0) is 25.2 Å². The largest absolute Gasteiger partial charge is 0.369 e. The molecule has 1 aliphatic heterocycles. The lowest BCUT2D eigenvalue weighted by atomic mass is 10.2. The number of rotatable bonds is 1. The van der Waals surface area contributed by atoms with Gasteiger partial charge in [0, 0.05) is 31.9 Å². The molecule has 1 aromatic carbocycles. The molecule has 1 saturated heterocycles. The zero-order valence-electron chi connectivity index (χ0n) is 10.6. The van der Waals surface area contributed by atoms with Gasteiger partial charge in [0.2, 0.25) is 0 Å². The van der Waals surface area contributed by atoms with Gasteiger partial charge in [-0.15, -0.1) is 0 Å². The van der Waals surface area contributed by atoms with Crippen LogP contribution in [0, 0.1) is 0 Å². The third-order valence-electron chi connectivity index (χ3n) is 3.43. The Balaban J connectivity index is 1.95. The van der Waals surface area contributed by atoms with Gasteiger partial charge in [0.1, 0.15) is 0 Å². The summed E-state index contributed by atoms with van der Waals surface area (Å²) in [6.07, 6.45) is 0. The Morgan fingerprint density at radius 1 is 0.947 bits per heavy atom. The van der Waals surface area contributed by atoms with Crippen LogP contribution in [0.1, 0.15) is 0 Å². The molecule has 0 bridgehead atoms. The second-order valence-corrected chi connectivity index (χ2v) is 5.48. The maximum absolute atomic E-state index is 5.92. The molecule has 2 heterocycles. The van der Waals surface area contributed by atoms with Gasteiger partial charge in [-0.1, -0.05) is 23.2 Å². The highest BCUT2D eigenvalue weighted by atomic mass is 35.5. The molecule has 0 saturated carbocycles. The van der Waals surface area contributed by atoms with Crippen LogP contribution in [0.2, 0.25) is 10.3 Å². The van der Waals surface area contributed by atoms with E-state index < -0.39 is 0 Å². The van der Waals surface area contributed by atoms with Gasteiger partial charge in [-0.3, -0.25) is 0 Å². The van der Waals surface area contributed by atoms with Crippen molar-refractivity contribution in [3.05, 3.63) is 28.5 Å². The minimum atomic E-state index is 0.251. The number of benzene rings is 1. The molecule has 1 aliphatic rings. The molecule has 4 nitrogen and oxygen atoms in total. The Hall–Kier alpha value is -1.10. The Morgan fingerprint density at radius 2 is 1.58 bits per heavy atom. The number of nitrogens with zero attached hydrogens (tertiary/aromatic N) is 4. The Kier molecular flexibility index (Phi) is 3.48. The van der Waals surface area contributed by atoms with Crippen molar-refractivity contribution in [3.63, 3.8) is 0 Å². The zero-order valence-corrected chi connectivity index (χ0v) is 12.1. The summed E-state index contributed by atoms with van der Waals surface area (Å²) in [7, 11) is 2.14. The van der Waals surface area contributed by atoms with Crippen molar-refractivity contribution in [2.24, 2.45) is 0 Å². The van der Waals surface area contributed by atoms with Gasteiger partial charge in [0.05, 0.1) is 11.0 Å². The van der Waals surface area contributed by atoms with Crippen molar-refractivity contribution in [2.45, 2.75) is 0 Å². The minimum absolute atomic E-state index is 0.251. The van der Waals surface area contributed by atoms with Gasteiger partial charge in [-0.25, -0.2) is 9.97 Å². The molecular formula is C13H14Cl2N4. The third kappa shape index (κ3) is 2.61. The second kappa shape index (κ2) is 5.12. The Bertz CT molecular complexity index is 609. The first-order valence-corrected chi connectivity index (χ1v) is 6.95. The van der Waals surface area contributed by atoms with E-state index in [-0.39, 0.29) is 10.3 Å². The maximum atomic E-state index is 5.92. The minimum Gasteiger partial charge on any atom is -0.369 e. The van der Waals surface area contributed by atoms with E-state index >= 15 is 0 Å². The molecule has 0 spiro atoms. The fourth-order valence-electron chi connectivity index (χ4n) is 2.26. The lowest BCUT2D eigenvalue weighted by Gasteiger charge is -2.34. The molecule has 2 aromatic rings. The molecule has 0 amide bonds. The Morgan fingerprint density at radius 3 is 2.26 bits per heavy atom. The van der Waals surface area contributed by atoms with Crippen molar-refractivity contribution in [1.29, 1.82) is 0 Å². The van der Waals surface area contributed by atoms with Crippen molar-refractivity contribution >= 4 is 39.9 Å². The first kappa shape index (κ1) is 12.9. The SMILES string of the molecule is CN1CCN(c2ccc3nc(Cl)c(Cl)nc3c2)CC1. The van der Waals surface area contributed by atoms with E-state index in [0.29, 0.717) is 0 Å². The van der Waals surface area contributed by atoms with Crippen LogP contribution in [0.15, 0.2) is 18.2 Å². The lowest BCUT2D eigenvalue weighted by molar-refractivity contribution is 0.313. The van der Waals surface area contributed by atoms with Crippen LogP contribution in [-0.4, -0.2) is 48.1 Å². The van der Waals surface area contributed by atoms with Crippen molar-refractivity contribution < 1.29 is 0 Å². The maximum Gasteiger partial charge on any atom is 0.167 e. The van der Waals surface area contributed by atoms with Gasteiger partial charge >= 0.3 is 0 Å². The zero-order chi connectivity index (χ0) is 13.4. The van der Waals surface area contributed by atoms with E-state index in [1.165, 1.54) is 0 Å². The standard InChI is InChI=1S/C13H14Cl2N4/c1-18-4-6-19(7-5-18)9-2-3-10-11(8-9)17-13(15)12(14)16-10/h2-3,8H,4-7H2,1H3. The summed E-state index contributed by atoms with van der Waals surface area (Å²) in [6.45, 7) is 4.20. The molecule has 3 rings (SSSR count). The fraction of sp³-hybridized carbons (Fsp3) is 0.385. The van der Waals surface area contributed by atoms with E-state index in [4.69, 9.17) is 23.2 Å². The number of aromatic nitrogens is 2. The third-order valence-corrected chi connectivity index (χ3v) is 4.06. The van der Waals surface area contributed by atoms with Crippen LogP contribution in [0.5, 0.6) is 0 Å². The van der Waals surface area contributed by atoms with Gasteiger partial charge in [0.25, 0.3) is 0 Å². The summed E-state index contributed by atoms with van der Waals surface area (Å²) in [6, 6.07) is 6.03. The van der Waals surface area contributed by atoms with Crippen LogP contribution in [0.25, 0.3) is 11.0 Å². The number of hydrogen-bond donors (Lipinski definition) is 0. The summed E-state index contributed by atoms with van der Waals surface area (Å²) in [5, 5.41) is 0.506. The Labute approximate surface area is 121 Å². The van der Waals surface area contributed by atoms with Crippen LogP contribution in [0.4, 0.5) is 5.69 Å². The molecule has 0 atom stereocenters. The molecule has 100 valence electrons. The number of halogens is 2. The van der Waals surface area contributed by atoms with Gasteiger partial charge in [-0.2, -0.15) is 0 Å². The second-order valence-electron chi connectivity index (χ2n) is 4.77. The van der Waals surface area contributed by atoms with E-state index in [0.717, 1.165) is 42.9 Å². The van der Waals surface area contributed by atoms with E-state index in [9.17, 15) is 0 Å². The average Bonchev–Trinajstić information content (AvgIpc) is 2.40. The van der Waals surface area contributed by atoms with Crippen molar-refractivity contribution in [1.82, 2.24) is 14.9 Å². The number of hydrogen-bond acceptors (Lipinski definition) is 4. The highest BCUT2D eigenvalue weighted by Crippen LogP contribution is 2.25.